The van der Waals surface area contributed by atoms with E-state index in [1.165, 1.54) is 0 Å². The molecule has 104 valence electrons. The van der Waals surface area contributed by atoms with Crippen LogP contribution < -0.4 is 15.5 Å². The van der Waals surface area contributed by atoms with Gasteiger partial charge in [0.15, 0.2) is 0 Å². The first kappa shape index (κ1) is 13.8. The minimum Gasteiger partial charge on any atom is -0.368 e. The van der Waals surface area contributed by atoms with E-state index >= 15 is 0 Å². The zero-order valence-corrected chi connectivity index (χ0v) is 11.6. The van der Waals surface area contributed by atoms with Gasteiger partial charge in [0.25, 0.3) is 0 Å². The summed E-state index contributed by atoms with van der Waals surface area (Å²) in [6.07, 6.45) is 2.45. The standard InChI is InChI=1S/C14H22N4O/c1-3-15-11(2)13-5-4-12(10-17-13)18-8-6-14(19)16-7-9-18/h4-5,10-11,15H,3,6-9H2,1-2H3,(H,16,19). The van der Waals surface area contributed by atoms with Crippen LogP contribution in [-0.2, 0) is 4.79 Å². The van der Waals surface area contributed by atoms with Gasteiger partial charge in [0, 0.05) is 32.1 Å². The number of nitrogens with one attached hydrogen (secondary N) is 2. The highest BCUT2D eigenvalue weighted by atomic mass is 16.1. The molecule has 0 spiro atoms. The Morgan fingerprint density at radius 1 is 1.47 bits per heavy atom. The maximum Gasteiger partial charge on any atom is 0.221 e. The lowest BCUT2D eigenvalue weighted by molar-refractivity contribution is -0.120. The molecule has 19 heavy (non-hydrogen) atoms. The molecule has 5 heteroatoms. The number of anilines is 1. The third kappa shape index (κ3) is 3.67. The number of hydrogen-bond donors (Lipinski definition) is 2. The predicted molar refractivity (Wildman–Crippen MR) is 76.2 cm³/mol. The van der Waals surface area contributed by atoms with Gasteiger partial charge in [0.1, 0.15) is 0 Å². The Morgan fingerprint density at radius 2 is 2.32 bits per heavy atom. The summed E-state index contributed by atoms with van der Waals surface area (Å²) >= 11 is 0. The highest BCUT2D eigenvalue weighted by Crippen LogP contribution is 2.17. The summed E-state index contributed by atoms with van der Waals surface area (Å²) in [5, 5.41) is 6.23. The second-order valence-corrected chi connectivity index (χ2v) is 4.81. The molecule has 2 rings (SSSR count). The Kier molecular flexibility index (Phi) is 4.74. The fraction of sp³-hybridized carbons (Fsp3) is 0.571. The third-order valence-electron chi connectivity index (χ3n) is 3.40. The van der Waals surface area contributed by atoms with Gasteiger partial charge in [-0.1, -0.05) is 6.92 Å². The van der Waals surface area contributed by atoms with Gasteiger partial charge in [0.2, 0.25) is 5.91 Å². The van der Waals surface area contributed by atoms with Gasteiger partial charge in [-0.3, -0.25) is 9.78 Å². The van der Waals surface area contributed by atoms with Crippen molar-refractivity contribution in [3.8, 4) is 0 Å². The molecule has 1 aliphatic heterocycles. The second-order valence-electron chi connectivity index (χ2n) is 4.81. The third-order valence-corrected chi connectivity index (χ3v) is 3.40. The first-order valence-corrected chi connectivity index (χ1v) is 6.91. The quantitative estimate of drug-likeness (QED) is 0.852. The van der Waals surface area contributed by atoms with Crippen molar-refractivity contribution in [3.05, 3.63) is 24.0 Å². The van der Waals surface area contributed by atoms with Gasteiger partial charge in [-0.15, -0.1) is 0 Å². The topological polar surface area (TPSA) is 57.3 Å². The molecule has 2 N–H and O–H groups in total. The van der Waals surface area contributed by atoms with Gasteiger partial charge in [-0.25, -0.2) is 0 Å². The molecule has 0 saturated carbocycles. The van der Waals surface area contributed by atoms with E-state index in [0.29, 0.717) is 13.0 Å². The molecule has 0 bridgehead atoms. The second kappa shape index (κ2) is 6.52. The SMILES string of the molecule is CCNC(C)c1ccc(N2CCNC(=O)CC2)cn1. The summed E-state index contributed by atoms with van der Waals surface area (Å²) in [7, 11) is 0. The zero-order chi connectivity index (χ0) is 13.7. The van der Waals surface area contributed by atoms with Gasteiger partial charge in [0.05, 0.1) is 17.6 Å². The Labute approximate surface area is 114 Å². The summed E-state index contributed by atoms with van der Waals surface area (Å²) < 4.78 is 0. The van der Waals surface area contributed by atoms with Crippen LogP contribution in [0.15, 0.2) is 18.3 Å². The van der Waals surface area contributed by atoms with Crippen molar-refractivity contribution < 1.29 is 4.79 Å². The lowest BCUT2D eigenvalue weighted by atomic mass is 10.2. The lowest BCUT2D eigenvalue weighted by Crippen LogP contribution is -2.28. The van der Waals surface area contributed by atoms with Crippen LogP contribution in [0.25, 0.3) is 0 Å². The highest BCUT2D eigenvalue weighted by molar-refractivity contribution is 5.77. The van der Waals surface area contributed by atoms with E-state index in [-0.39, 0.29) is 11.9 Å². The van der Waals surface area contributed by atoms with Crippen molar-refractivity contribution in [3.63, 3.8) is 0 Å². The summed E-state index contributed by atoms with van der Waals surface area (Å²) in [6, 6.07) is 4.42. The molecule has 1 aromatic heterocycles. The molecule has 1 saturated heterocycles. The number of amides is 1. The average molecular weight is 262 g/mol. The Morgan fingerprint density at radius 3 is 3.00 bits per heavy atom. The minimum atomic E-state index is 0.132. The number of nitrogens with zero attached hydrogens (tertiary/aromatic N) is 2. The van der Waals surface area contributed by atoms with E-state index in [2.05, 4.69) is 46.5 Å². The van der Waals surface area contributed by atoms with Crippen LogP contribution in [0, 0.1) is 0 Å². The van der Waals surface area contributed by atoms with E-state index in [1.54, 1.807) is 0 Å². The van der Waals surface area contributed by atoms with Crippen molar-refractivity contribution in [2.75, 3.05) is 31.1 Å². The van der Waals surface area contributed by atoms with Crippen LogP contribution in [0.3, 0.4) is 0 Å². The van der Waals surface area contributed by atoms with Gasteiger partial charge in [-0.2, -0.15) is 0 Å². The maximum absolute atomic E-state index is 11.3. The molecule has 0 radical (unpaired) electrons. The number of carbonyl (C=O) groups is 1. The monoisotopic (exact) mass is 262 g/mol. The summed E-state index contributed by atoms with van der Waals surface area (Å²) in [6.45, 7) is 7.44. The molecule has 1 fully saturated rings. The molecule has 0 aromatic carbocycles. The fourth-order valence-electron chi connectivity index (χ4n) is 2.28. The number of pyridine rings is 1. The summed E-state index contributed by atoms with van der Waals surface area (Å²) in [5.74, 6) is 0.132. The van der Waals surface area contributed by atoms with E-state index in [0.717, 1.165) is 31.0 Å². The smallest absolute Gasteiger partial charge is 0.221 e. The van der Waals surface area contributed by atoms with Crippen molar-refractivity contribution in [2.24, 2.45) is 0 Å². The Hall–Kier alpha value is -1.62. The molecule has 0 aliphatic carbocycles. The number of carbonyl (C=O) groups excluding carboxylic acids is 1. The molecular formula is C14H22N4O. The van der Waals surface area contributed by atoms with Crippen molar-refractivity contribution in [1.82, 2.24) is 15.6 Å². The fourth-order valence-corrected chi connectivity index (χ4v) is 2.28. The van der Waals surface area contributed by atoms with Crippen molar-refractivity contribution in [1.29, 1.82) is 0 Å². The molecule has 1 aliphatic rings. The number of hydrogen-bond acceptors (Lipinski definition) is 4. The Balaban J connectivity index is 2.03. The zero-order valence-electron chi connectivity index (χ0n) is 11.6. The minimum absolute atomic E-state index is 0.132. The van der Waals surface area contributed by atoms with E-state index in [4.69, 9.17) is 0 Å². The summed E-state index contributed by atoms with van der Waals surface area (Å²) in [4.78, 5) is 18.0. The molecule has 1 unspecified atom stereocenters. The van der Waals surface area contributed by atoms with Gasteiger partial charge >= 0.3 is 0 Å². The van der Waals surface area contributed by atoms with Crippen molar-refractivity contribution >= 4 is 11.6 Å². The lowest BCUT2D eigenvalue weighted by Gasteiger charge is -2.22. The maximum atomic E-state index is 11.3. The molecule has 1 aromatic rings. The number of rotatable bonds is 4. The molecule has 1 atom stereocenters. The molecule has 2 heterocycles. The van der Waals surface area contributed by atoms with E-state index in [9.17, 15) is 4.79 Å². The van der Waals surface area contributed by atoms with Crippen LogP contribution >= 0.6 is 0 Å². The van der Waals surface area contributed by atoms with E-state index < -0.39 is 0 Å². The predicted octanol–water partition coefficient (Wildman–Crippen LogP) is 1.08. The first-order valence-electron chi connectivity index (χ1n) is 6.91. The molecule has 1 amide bonds. The summed E-state index contributed by atoms with van der Waals surface area (Å²) in [5.41, 5.74) is 2.14. The van der Waals surface area contributed by atoms with Crippen LogP contribution in [0.5, 0.6) is 0 Å². The van der Waals surface area contributed by atoms with Crippen LogP contribution in [0.2, 0.25) is 0 Å². The number of aromatic nitrogens is 1. The van der Waals surface area contributed by atoms with Crippen LogP contribution in [0.4, 0.5) is 5.69 Å². The average Bonchev–Trinajstić information content (AvgIpc) is 2.64. The molecule has 5 nitrogen and oxygen atoms in total. The molecular weight excluding hydrogens is 240 g/mol. The van der Waals surface area contributed by atoms with E-state index in [1.807, 2.05) is 6.20 Å². The van der Waals surface area contributed by atoms with Gasteiger partial charge < -0.3 is 15.5 Å². The van der Waals surface area contributed by atoms with Crippen LogP contribution in [0.1, 0.15) is 32.0 Å². The normalized spacial score (nSPS) is 17.8. The highest BCUT2D eigenvalue weighted by Gasteiger charge is 2.14. The van der Waals surface area contributed by atoms with Crippen LogP contribution in [-0.4, -0.2) is 37.1 Å². The first-order chi connectivity index (χ1) is 9.20. The van der Waals surface area contributed by atoms with Gasteiger partial charge in [-0.05, 0) is 25.6 Å². The van der Waals surface area contributed by atoms with Crippen molar-refractivity contribution in [2.45, 2.75) is 26.3 Å². The Bertz CT molecular complexity index is 418. The largest absolute Gasteiger partial charge is 0.368 e.